The van der Waals surface area contributed by atoms with Crippen LogP contribution in [0.5, 0.6) is 5.75 Å². The minimum atomic E-state index is -3.67. The second-order valence-electron chi connectivity index (χ2n) is 7.50. The Bertz CT molecular complexity index is 919. The number of benzene rings is 3. The number of hydrogen-bond acceptors (Lipinski definition) is 3. The molecule has 0 fully saturated rings. The molecule has 0 heterocycles. The summed E-state index contributed by atoms with van der Waals surface area (Å²) in [5.74, 6) is 0.325. The molecule has 0 saturated carbocycles. The lowest BCUT2D eigenvalue weighted by Gasteiger charge is -2.19. The first-order valence-electron chi connectivity index (χ1n) is 9.87. The van der Waals surface area contributed by atoms with Crippen molar-refractivity contribution in [1.82, 2.24) is 0 Å². The maximum Gasteiger partial charge on any atom is 0.379 e. The highest BCUT2D eigenvalue weighted by atomic mass is 32.2. The lowest BCUT2D eigenvalue weighted by Crippen LogP contribution is -2.27. The van der Waals surface area contributed by atoms with Gasteiger partial charge < -0.3 is 9.47 Å². The van der Waals surface area contributed by atoms with Gasteiger partial charge in [0.05, 0.1) is 0 Å². The summed E-state index contributed by atoms with van der Waals surface area (Å²) in [6, 6.07) is 28.6. The van der Waals surface area contributed by atoms with E-state index in [9.17, 15) is 18.0 Å². The molecule has 170 valence electrons. The lowest BCUT2D eigenvalue weighted by molar-refractivity contribution is -0.157. The van der Waals surface area contributed by atoms with E-state index >= 15 is 0 Å². The maximum atomic E-state index is 12.1. The molecule has 0 amide bonds. The van der Waals surface area contributed by atoms with Crippen molar-refractivity contribution < 1.29 is 27.4 Å². The molecule has 0 aliphatic heterocycles. The Labute approximate surface area is 189 Å². The standard InChI is InChI=1S/C24H25O3S.CHF3/c1-24(2,3)27-23(25)18-26-21-16-10-11-17-22(21)28(19-12-6-4-7-13-19)20-14-8-5-9-15-20;2-1(3)4/h4-17H,18H2,1-3H3;1H/q+1;. The summed E-state index contributed by atoms with van der Waals surface area (Å²) in [4.78, 5) is 15.5. The molecule has 0 unspecified atom stereocenters. The van der Waals surface area contributed by atoms with Crippen molar-refractivity contribution >= 4 is 16.9 Å². The number of alkyl halides is 3. The van der Waals surface area contributed by atoms with Gasteiger partial charge in [-0.3, -0.25) is 0 Å². The highest BCUT2D eigenvalue weighted by molar-refractivity contribution is 7.97. The quantitative estimate of drug-likeness (QED) is 0.302. The van der Waals surface area contributed by atoms with Crippen LogP contribution in [0, 0.1) is 0 Å². The molecule has 0 radical (unpaired) electrons. The van der Waals surface area contributed by atoms with Gasteiger partial charge >= 0.3 is 12.6 Å². The largest absolute Gasteiger partial charge is 0.477 e. The number of carbonyl (C=O) groups excluding carboxylic acids is 1. The summed E-state index contributed by atoms with van der Waals surface area (Å²) in [6.07, 6.45) is 0. The van der Waals surface area contributed by atoms with Crippen LogP contribution < -0.4 is 4.74 Å². The Hall–Kier alpha value is -2.93. The van der Waals surface area contributed by atoms with Crippen LogP contribution in [-0.4, -0.2) is 24.9 Å². The van der Waals surface area contributed by atoms with E-state index in [1.54, 1.807) is 0 Å². The van der Waals surface area contributed by atoms with Crippen molar-refractivity contribution in [3.05, 3.63) is 84.9 Å². The average Bonchev–Trinajstić information content (AvgIpc) is 2.73. The van der Waals surface area contributed by atoms with Gasteiger partial charge in [-0.15, -0.1) is 0 Å². The molecule has 3 aromatic rings. The third-order valence-electron chi connectivity index (χ3n) is 3.79. The van der Waals surface area contributed by atoms with Gasteiger partial charge in [0, 0.05) is 0 Å². The Morgan fingerprint density at radius 3 is 1.72 bits per heavy atom. The van der Waals surface area contributed by atoms with Gasteiger partial charge in [0.2, 0.25) is 4.90 Å². The first-order chi connectivity index (χ1) is 15.2. The van der Waals surface area contributed by atoms with Crippen molar-refractivity contribution in [3.8, 4) is 5.75 Å². The van der Waals surface area contributed by atoms with E-state index in [1.807, 2.05) is 75.4 Å². The third-order valence-corrected chi connectivity index (χ3v) is 6.06. The fourth-order valence-corrected chi connectivity index (χ4v) is 4.93. The molecular weight excluding hydrogens is 437 g/mol. The van der Waals surface area contributed by atoms with Crippen LogP contribution in [0.3, 0.4) is 0 Å². The van der Waals surface area contributed by atoms with Gasteiger partial charge in [0.25, 0.3) is 0 Å². The molecule has 32 heavy (non-hydrogen) atoms. The highest BCUT2D eigenvalue weighted by Crippen LogP contribution is 2.36. The molecule has 3 nitrogen and oxygen atoms in total. The second kappa shape index (κ2) is 12.2. The van der Waals surface area contributed by atoms with Crippen LogP contribution in [0.2, 0.25) is 0 Å². The molecule has 3 aromatic carbocycles. The number of hydrogen-bond donors (Lipinski definition) is 0. The molecule has 0 N–H and O–H groups in total. The maximum absolute atomic E-state index is 12.1. The third kappa shape index (κ3) is 8.67. The average molecular weight is 464 g/mol. The zero-order valence-corrected chi connectivity index (χ0v) is 19.0. The summed E-state index contributed by atoms with van der Waals surface area (Å²) >= 11 is 0. The Morgan fingerprint density at radius 2 is 1.25 bits per heavy atom. The van der Waals surface area contributed by atoms with Crippen molar-refractivity contribution in [1.29, 1.82) is 0 Å². The van der Waals surface area contributed by atoms with Crippen LogP contribution in [0.1, 0.15) is 20.8 Å². The minimum Gasteiger partial charge on any atom is -0.477 e. The Morgan fingerprint density at radius 1 is 0.812 bits per heavy atom. The van der Waals surface area contributed by atoms with Crippen molar-refractivity contribution in [2.45, 2.75) is 47.7 Å². The van der Waals surface area contributed by atoms with E-state index < -0.39 is 12.3 Å². The number of esters is 1. The van der Waals surface area contributed by atoms with Gasteiger partial charge in [0.1, 0.15) is 16.5 Å². The molecule has 0 aliphatic carbocycles. The first-order valence-corrected chi connectivity index (χ1v) is 11.1. The van der Waals surface area contributed by atoms with Gasteiger partial charge in [-0.1, -0.05) is 48.5 Å². The lowest BCUT2D eigenvalue weighted by atomic mass is 10.2. The topological polar surface area (TPSA) is 35.5 Å². The molecular formula is C25H26F3O3S+. The molecule has 0 spiro atoms. The van der Waals surface area contributed by atoms with E-state index in [2.05, 4.69) is 30.3 Å². The number of halogens is 3. The van der Waals surface area contributed by atoms with Crippen LogP contribution in [-0.2, 0) is 20.4 Å². The molecule has 0 aromatic heterocycles. The van der Waals surface area contributed by atoms with E-state index in [-0.39, 0.29) is 23.5 Å². The zero-order chi connectivity index (χ0) is 23.6. The predicted octanol–water partition coefficient (Wildman–Crippen LogP) is 6.68. The Kier molecular flexibility index (Phi) is 9.65. The molecule has 0 saturated heterocycles. The number of rotatable bonds is 6. The van der Waals surface area contributed by atoms with Crippen LogP contribution in [0.25, 0.3) is 0 Å². The fourth-order valence-electron chi connectivity index (χ4n) is 2.75. The van der Waals surface area contributed by atoms with E-state index in [0.29, 0.717) is 5.75 Å². The molecule has 3 rings (SSSR count). The van der Waals surface area contributed by atoms with Crippen LogP contribution in [0.15, 0.2) is 99.6 Å². The summed E-state index contributed by atoms with van der Waals surface area (Å²) in [5.41, 5.74) is -0.529. The van der Waals surface area contributed by atoms with Gasteiger partial charge in [0.15, 0.2) is 22.1 Å². The Balaban J connectivity index is 0.000000837. The summed E-state index contributed by atoms with van der Waals surface area (Å²) in [5, 5.41) is 0. The fraction of sp³-hybridized carbons (Fsp3) is 0.240. The zero-order valence-electron chi connectivity index (χ0n) is 18.1. The molecule has 0 atom stereocenters. The molecule has 0 bridgehead atoms. The van der Waals surface area contributed by atoms with E-state index in [0.717, 1.165) is 4.90 Å². The van der Waals surface area contributed by atoms with Crippen molar-refractivity contribution in [2.75, 3.05) is 6.61 Å². The summed E-state index contributed by atoms with van der Waals surface area (Å²) in [6.45, 7) is 1.76. The first kappa shape index (κ1) is 25.3. The van der Waals surface area contributed by atoms with Gasteiger partial charge in [-0.25, -0.2) is 4.79 Å². The molecule has 0 aliphatic rings. The van der Waals surface area contributed by atoms with Crippen molar-refractivity contribution in [3.63, 3.8) is 0 Å². The van der Waals surface area contributed by atoms with Gasteiger partial charge in [-0.2, -0.15) is 13.2 Å². The normalized spacial score (nSPS) is 11.0. The van der Waals surface area contributed by atoms with Crippen molar-refractivity contribution in [2.24, 2.45) is 0 Å². The minimum absolute atomic E-state index is 0.116. The number of carbonyl (C=O) groups is 1. The second-order valence-corrected chi connectivity index (χ2v) is 9.50. The predicted molar refractivity (Wildman–Crippen MR) is 120 cm³/mol. The van der Waals surface area contributed by atoms with Crippen LogP contribution >= 0.6 is 0 Å². The molecule has 7 heteroatoms. The van der Waals surface area contributed by atoms with Gasteiger partial charge in [-0.05, 0) is 57.2 Å². The smallest absolute Gasteiger partial charge is 0.379 e. The highest BCUT2D eigenvalue weighted by Gasteiger charge is 2.32. The number of ether oxygens (including phenoxy) is 2. The van der Waals surface area contributed by atoms with E-state index in [4.69, 9.17) is 9.47 Å². The van der Waals surface area contributed by atoms with E-state index in [1.165, 1.54) is 9.79 Å². The summed E-state index contributed by atoms with van der Waals surface area (Å²) in [7, 11) is -0.337. The number of para-hydroxylation sites is 1. The SMILES string of the molecule is CC(C)(C)OC(=O)COc1ccccc1[S+](c1ccccc1)c1ccccc1.FC(F)F. The van der Waals surface area contributed by atoms with Crippen LogP contribution in [0.4, 0.5) is 13.2 Å². The summed E-state index contributed by atoms with van der Waals surface area (Å²) < 4.78 is 40.3. The monoisotopic (exact) mass is 463 g/mol.